The molecule has 1 aromatic heterocycles. The van der Waals surface area contributed by atoms with Crippen molar-refractivity contribution in [3.63, 3.8) is 0 Å². The lowest BCUT2D eigenvalue weighted by Crippen LogP contribution is -2.59. The number of aromatic nitrogens is 2. The molecule has 3 aromatic carbocycles. The molecule has 0 saturated carbocycles. The predicted molar refractivity (Wildman–Crippen MR) is 155 cm³/mol. The van der Waals surface area contributed by atoms with Crippen molar-refractivity contribution in [1.82, 2.24) is 9.97 Å². The zero-order chi connectivity index (χ0) is 32.1. The van der Waals surface area contributed by atoms with Gasteiger partial charge in [-0.25, -0.2) is 14.6 Å². The van der Waals surface area contributed by atoms with Crippen LogP contribution in [0.4, 0.5) is 0 Å². The van der Waals surface area contributed by atoms with Crippen LogP contribution in [0.2, 0.25) is 0 Å². The molecule has 1 unspecified atom stereocenters. The molecular formula is C32H28N2O12. The van der Waals surface area contributed by atoms with Gasteiger partial charge in [-0.1, -0.05) is 6.07 Å². The van der Waals surface area contributed by atoms with E-state index in [0.717, 1.165) is 0 Å². The van der Waals surface area contributed by atoms with Crippen LogP contribution >= 0.6 is 0 Å². The van der Waals surface area contributed by atoms with Gasteiger partial charge in [0.2, 0.25) is 13.1 Å². The highest BCUT2D eigenvalue weighted by Gasteiger charge is 2.47. The molecule has 4 aromatic rings. The number of aliphatic hydroxyl groups is 4. The van der Waals surface area contributed by atoms with Crippen molar-refractivity contribution in [2.45, 2.75) is 57.5 Å². The van der Waals surface area contributed by atoms with Gasteiger partial charge in [0, 0.05) is 28.9 Å². The normalized spacial score (nSPS) is 23.2. The first-order chi connectivity index (χ1) is 22.3. The maximum atomic E-state index is 13.3. The van der Waals surface area contributed by atoms with Crippen molar-refractivity contribution in [2.24, 2.45) is 0 Å². The first-order valence-electron chi connectivity index (χ1n) is 14.4. The highest BCUT2D eigenvalue weighted by atomic mass is 16.7. The Morgan fingerprint density at radius 3 is 2.46 bits per heavy atom. The third-order valence-corrected chi connectivity index (χ3v) is 8.26. The molecule has 238 valence electrons. The Morgan fingerprint density at radius 2 is 1.72 bits per heavy atom. The van der Waals surface area contributed by atoms with Crippen LogP contribution in [0.15, 0.2) is 48.9 Å². The van der Waals surface area contributed by atoms with Gasteiger partial charge in [-0.3, -0.25) is 4.98 Å². The molecule has 3 aliphatic rings. The maximum Gasteiger partial charge on any atom is 0.359 e. The highest BCUT2D eigenvalue weighted by Crippen LogP contribution is 2.48. The fourth-order valence-electron chi connectivity index (χ4n) is 5.94. The van der Waals surface area contributed by atoms with E-state index in [9.17, 15) is 30.0 Å². The molecule has 7 rings (SSSR count). The lowest BCUT2D eigenvalue weighted by molar-refractivity contribution is -0.267. The summed E-state index contributed by atoms with van der Waals surface area (Å²) >= 11 is 0. The van der Waals surface area contributed by atoms with Gasteiger partial charge >= 0.3 is 11.9 Å². The molecular weight excluding hydrogens is 604 g/mol. The number of carbonyl (C=O) groups is 2. The molecule has 0 radical (unpaired) electrons. The summed E-state index contributed by atoms with van der Waals surface area (Å²) in [5.74, 6) is -0.428. The zero-order valence-electron chi connectivity index (χ0n) is 24.3. The van der Waals surface area contributed by atoms with Gasteiger partial charge in [-0.15, -0.1) is 0 Å². The average molecular weight is 633 g/mol. The van der Waals surface area contributed by atoms with Gasteiger partial charge < -0.3 is 48.8 Å². The van der Waals surface area contributed by atoms with Crippen molar-refractivity contribution in [1.29, 1.82) is 0 Å². The largest absolute Gasteiger partial charge is 0.461 e. The molecule has 0 aliphatic carbocycles. The number of benzene rings is 3. The van der Waals surface area contributed by atoms with Gasteiger partial charge in [0.25, 0.3) is 0 Å². The fraction of sp³-hybridized carbons (Fsp3) is 0.312. The van der Waals surface area contributed by atoms with Crippen molar-refractivity contribution < 1.29 is 58.4 Å². The summed E-state index contributed by atoms with van der Waals surface area (Å²) in [5.41, 5.74) is 2.27. The summed E-state index contributed by atoms with van der Waals surface area (Å²) in [6.07, 6.45) is -3.20. The zero-order valence-corrected chi connectivity index (χ0v) is 24.3. The SMILES string of the molecule is C[C@H]1OC(Oc2c3c(c(-c4ccc5c(c4)OCO5)c4cc(CO)c(CO)cc24)C(=O)OC3)[C@H](O)[C@@H](OC(=O)c2cnccn2)[C@@H]1O. The second kappa shape index (κ2) is 11.8. The van der Waals surface area contributed by atoms with Crippen molar-refractivity contribution in [3.8, 4) is 28.4 Å². The summed E-state index contributed by atoms with van der Waals surface area (Å²) in [5, 5.41) is 43.3. The van der Waals surface area contributed by atoms with Crippen LogP contribution < -0.4 is 14.2 Å². The summed E-state index contributed by atoms with van der Waals surface area (Å²) in [6.45, 7) is 0.573. The monoisotopic (exact) mass is 632 g/mol. The van der Waals surface area contributed by atoms with Crippen molar-refractivity contribution in [3.05, 3.63) is 76.9 Å². The van der Waals surface area contributed by atoms with Crippen molar-refractivity contribution >= 4 is 22.7 Å². The maximum absolute atomic E-state index is 13.3. The Morgan fingerprint density at radius 1 is 0.957 bits per heavy atom. The van der Waals surface area contributed by atoms with E-state index < -0.39 is 55.9 Å². The lowest BCUT2D eigenvalue weighted by atomic mass is 9.87. The lowest BCUT2D eigenvalue weighted by Gasteiger charge is -2.40. The van der Waals surface area contributed by atoms with E-state index in [1.165, 1.54) is 25.5 Å². The number of cyclic esters (lactones) is 1. The second-order valence-electron chi connectivity index (χ2n) is 11.0. The van der Waals surface area contributed by atoms with E-state index in [2.05, 4.69) is 9.97 Å². The molecule has 5 atom stereocenters. The molecule has 0 amide bonds. The number of hydrogen-bond donors (Lipinski definition) is 4. The Kier molecular flexibility index (Phi) is 7.66. The third kappa shape index (κ3) is 4.96. The summed E-state index contributed by atoms with van der Waals surface area (Å²) in [4.78, 5) is 33.8. The van der Waals surface area contributed by atoms with Gasteiger partial charge in [0.1, 0.15) is 18.5 Å². The number of carbonyl (C=O) groups excluding carboxylic acids is 2. The van der Waals surface area contributed by atoms with E-state index in [1.807, 2.05) is 0 Å². The van der Waals surface area contributed by atoms with Crippen LogP contribution in [-0.2, 0) is 34.0 Å². The van der Waals surface area contributed by atoms with Crippen LogP contribution in [0, 0.1) is 0 Å². The molecule has 3 aliphatic heterocycles. The minimum absolute atomic E-state index is 0.0485. The van der Waals surface area contributed by atoms with E-state index in [1.54, 1.807) is 30.3 Å². The molecule has 1 saturated heterocycles. The fourth-order valence-corrected chi connectivity index (χ4v) is 5.94. The Labute approximate surface area is 260 Å². The number of ether oxygens (including phenoxy) is 6. The minimum atomic E-state index is -1.70. The first-order valence-corrected chi connectivity index (χ1v) is 14.4. The number of esters is 2. The molecule has 1 fully saturated rings. The number of rotatable bonds is 7. The van der Waals surface area contributed by atoms with Gasteiger partial charge in [-0.2, -0.15) is 0 Å². The summed E-state index contributed by atoms with van der Waals surface area (Å²) in [7, 11) is 0. The first kappa shape index (κ1) is 29.8. The topological polar surface area (TPSA) is 196 Å². The number of nitrogens with zero attached hydrogens (tertiary/aromatic N) is 2. The smallest absolute Gasteiger partial charge is 0.359 e. The van der Waals surface area contributed by atoms with Crippen LogP contribution in [0.25, 0.3) is 21.9 Å². The molecule has 0 bridgehead atoms. The van der Waals surface area contributed by atoms with Crippen LogP contribution in [0.1, 0.15) is 44.5 Å². The van der Waals surface area contributed by atoms with Crippen LogP contribution in [0.3, 0.4) is 0 Å². The minimum Gasteiger partial charge on any atom is -0.461 e. The van der Waals surface area contributed by atoms with Gasteiger partial charge in [-0.05, 0) is 53.3 Å². The van der Waals surface area contributed by atoms with Crippen LogP contribution in [-0.4, -0.2) is 79.8 Å². The number of aliphatic hydroxyl groups excluding tert-OH is 4. The molecule has 0 spiro atoms. The highest BCUT2D eigenvalue weighted by molar-refractivity contribution is 6.13. The van der Waals surface area contributed by atoms with E-state index in [0.29, 0.717) is 50.1 Å². The van der Waals surface area contributed by atoms with Gasteiger partial charge in [0.15, 0.2) is 29.4 Å². The predicted octanol–water partition coefficient (Wildman–Crippen LogP) is 1.75. The molecule has 14 heteroatoms. The van der Waals surface area contributed by atoms with Crippen molar-refractivity contribution in [2.75, 3.05) is 6.79 Å². The van der Waals surface area contributed by atoms with E-state index in [-0.39, 0.29) is 30.4 Å². The Hall–Kier alpha value is -4.86. The number of hydrogen-bond acceptors (Lipinski definition) is 14. The molecule has 4 N–H and O–H groups in total. The third-order valence-electron chi connectivity index (χ3n) is 8.26. The molecule has 46 heavy (non-hydrogen) atoms. The molecule has 14 nitrogen and oxygen atoms in total. The van der Waals surface area contributed by atoms with Crippen LogP contribution in [0.5, 0.6) is 17.2 Å². The number of fused-ring (bicyclic) bond motifs is 3. The molecule has 4 heterocycles. The Balaban J connectivity index is 1.35. The summed E-state index contributed by atoms with van der Waals surface area (Å²) in [6, 6.07) is 8.48. The van der Waals surface area contributed by atoms with E-state index >= 15 is 0 Å². The standard InChI is InChI=1S/C32H28N2O12/c1-14-26(37)29(45-30(39)21-9-33-4-5-34-21)27(38)32(44-14)46-28-19-7-17(11-36)16(10-35)6-18(19)24(25-20(28)12-41-31(25)40)15-2-3-22-23(8-15)43-13-42-22/h2-9,14,26-27,29,32,35-38H,10-13H2,1H3/t14-,26-,27-,29+,32?/m1/s1. The van der Waals surface area contributed by atoms with Gasteiger partial charge in [0.05, 0.1) is 31.1 Å². The summed E-state index contributed by atoms with van der Waals surface area (Å²) < 4.78 is 34.1. The second-order valence-corrected chi connectivity index (χ2v) is 11.0. The average Bonchev–Trinajstić information content (AvgIpc) is 3.71. The van der Waals surface area contributed by atoms with E-state index in [4.69, 9.17) is 28.4 Å². The Bertz CT molecular complexity index is 1850. The quantitative estimate of drug-likeness (QED) is 0.215.